The van der Waals surface area contributed by atoms with E-state index in [1.807, 2.05) is 0 Å². The Kier molecular flexibility index (Phi) is 7.68. The lowest BCUT2D eigenvalue weighted by Crippen LogP contribution is -2.39. The Morgan fingerprint density at radius 1 is 0.815 bits per heavy atom. The number of carbonyl (C=O) groups excluding carboxylic acids is 3. The summed E-state index contributed by atoms with van der Waals surface area (Å²) in [6, 6.07) is 0. The molecule has 0 saturated heterocycles. The summed E-state index contributed by atoms with van der Waals surface area (Å²) in [4.78, 5) is 37.2. The molecule has 6 heteroatoms. The molecule has 6 nitrogen and oxygen atoms in total. The number of ether oxygens (including phenoxy) is 3. The number of hydrogen-bond acceptors (Lipinski definition) is 6. The first-order valence-electron chi connectivity index (χ1n) is 10.2. The minimum atomic E-state index is -0.605. The molecule has 3 atom stereocenters. The van der Waals surface area contributed by atoms with Crippen molar-refractivity contribution in [1.82, 2.24) is 0 Å². The van der Waals surface area contributed by atoms with Crippen molar-refractivity contribution in [1.29, 1.82) is 0 Å². The van der Waals surface area contributed by atoms with Crippen LogP contribution in [0.4, 0.5) is 0 Å². The minimum absolute atomic E-state index is 0.303. The van der Waals surface area contributed by atoms with E-state index in [0.29, 0.717) is 31.8 Å². The van der Waals surface area contributed by atoms with Crippen LogP contribution in [0.1, 0.15) is 72.1 Å². The molecule has 0 spiro atoms. The molecule has 2 fully saturated rings. The summed E-state index contributed by atoms with van der Waals surface area (Å²) >= 11 is 0. The molecule has 0 aromatic heterocycles. The van der Waals surface area contributed by atoms with Gasteiger partial charge in [0.15, 0.2) is 0 Å². The van der Waals surface area contributed by atoms with Crippen LogP contribution in [0.15, 0.2) is 0 Å². The number of methoxy groups -OCH3 is 1. The molecule has 2 rings (SSSR count). The van der Waals surface area contributed by atoms with Crippen molar-refractivity contribution in [2.24, 2.45) is 23.7 Å². The molecule has 0 N–H and O–H groups in total. The van der Waals surface area contributed by atoms with E-state index >= 15 is 0 Å². The van der Waals surface area contributed by atoms with E-state index in [9.17, 15) is 14.4 Å². The molecule has 0 amide bonds. The topological polar surface area (TPSA) is 78.9 Å². The third-order valence-corrected chi connectivity index (χ3v) is 5.50. The van der Waals surface area contributed by atoms with Crippen molar-refractivity contribution in [3.05, 3.63) is 0 Å². The van der Waals surface area contributed by atoms with E-state index in [2.05, 4.69) is 0 Å². The van der Waals surface area contributed by atoms with E-state index in [4.69, 9.17) is 14.2 Å². The fourth-order valence-electron chi connectivity index (χ4n) is 4.12. The fourth-order valence-corrected chi connectivity index (χ4v) is 4.12. The molecule has 0 aromatic rings. The molecular formula is C21H34O6. The van der Waals surface area contributed by atoms with E-state index in [-0.39, 0.29) is 17.9 Å². The van der Waals surface area contributed by atoms with Crippen molar-refractivity contribution < 1.29 is 28.6 Å². The van der Waals surface area contributed by atoms with Crippen LogP contribution in [0, 0.1) is 23.7 Å². The molecule has 2 aliphatic rings. The largest absolute Gasteiger partial charge is 0.469 e. The number of rotatable bonds is 5. The summed E-state index contributed by atoms with van der Waals surface area (Å²) in [5.41, 5.74) is -0.605. The Labute approximate surface area is 162 Å². The first kappa shape index (κ1) is 21.7. The summed E-state index contributed by atoms with van der Waals surface area (Å²) in [7, 11) is 1.33. The first-order valence-corrected chi connectivity index (χ1v) is 10.2. The average Bonchev–Trinajstić information content (AvgIpc) is 2.64. The van der Waals surface area contributed by atoms with Crippen molar-refractivity contribution in [2.75, 3.05) is 13.7 Å². The van der Waals surface area contributed by atoms with Crippen LogP contribution in [0.2, 0.25) is 0 Å². The minimum Gasteiger partial charge on any atom is -0.469 e. The van der Waals surface area contributed by atoms with Gasteiger partial charge in [-0.15, -0.1) is 0 Å². The fraction of sp³-hybridized carbons (Fsp3) is 0.857. The van der Waals surface area contributed by atoms with Gasteiger partial charge in [0, 0.05) is 0 Å². The van der Waals surface area contributed by atoms with E-state index < -0.39 is 23.4 Å². The average molecular weight is 382 g/mol. The Balaban J connectivity index is 1.98. The van der Waals surface area contributed by atoms with Gasteiger partial charge in [0.1, 0.15) is 5.60 Å². The van der Waals surface area contributed by atoms with Gasteiger partial charge in [0.2, 0.25) is 0 Å². The Morgan fingerprint density at radius 3 is 1.85 bits per heavy atom. The molecule has 0 aromatic carbocycles. The highest BCUT2D eigenvalue weighted by Gasteiger charge is 2.41. The predicted octanol–water partition coefficient (Wildman–Crippen LogP) is 3.66. The van der Waals surface area contributed by atoms with Gasteiger partial charge in [0.05, 0.1) is 31.5 Å². The van der Waals surface area contributed by atoms with Gasteiger partial charge < -0.3 is 14.2 Å². The SMILES string of the molecule is COC(=O)C1CC(C(=O)OCC2CCCCC2)CC(C(=O)OC(C)(C)C)C1. The molecule has 27 heavy (non-hydrogen) atoms. The van der Waals surface area contributed by atoms with Crippen LogP contribution in [-0.2, 0) is 28.6 Å². The van der Waals surface area contributed by atoms with Gasteiger partial charge >= 0.3 is 17.9 Å². The summed E-state index contributed by atoms with van der Waals surface area (Å²) in [5.74, 6) is -2.05. The zero-order valence-corrected chi connectivity index (χ0v) is 17.1. The second-order valence-electron chi connectivity index (χ2n) is 8.99. The number of esters is 3. The maximum atomic E-state index is 12.6. The van der Waals surface area contributed by atoms with Gasteiger partial charge in [0.25, 0.3) is 0 Å². The monoisotopic (exact) mass is 382 g/mol. The number of carbonyl (C=O) groups is 3. The Hall–Kier alpha value is -1.59. The van der Waals surface area contributed by atoms with Gasteiger partial charge in [-0.2, -0.15) is 0 Å². The Morgan fingerprint density at radius 2 is 1.33 bits per heavy atom. The van der Waals surface area contributed by atoms with Crippen LogP contribution < -0.4 is 0 Å². The zero-order valence-electron chi connectivity index (χ0n) is 17.1. The molecule has 154 valence electrons. The van der Waals surface area contributed by atoms with Gasteiger partial charge in [-0.25, -0.2) is 0 Å². The predicted molar refractivity (Wildman–Crippen MR) is 99.7 cm³/mol. The van der Waals surface area contributed by atoms with Gasteiger partial charge in [-0.3, -0.25) is 14.4 Å². The van der Waals surface area contributed by atoms with E-state index in [1.165, 1.54) is 26.4 Å². The Bertz CT molecular complexity index is 529. The third-order valence-electron chi connectivity index (χ3n) is 5.50. The summed E-state index contributed by atoms with van der Waals surface area (Å²) in [6.07, 6.45) is 6.93. The molecule has 0 aliphatic heterocycles. The van der Waals surface area contributed by atoms with Crippen molar-refractivity contribution in [3.8, 4) is 0 Å². The third kappa shape index (κ3) is 6.82. The molecule has 2 saturated carbocycles. The maximum Gasteiger partial charge on any atom is 0.309 e. The standard InChI is InChI=1S/C21H34O6/c1-21(2,3)27-20(24)17-11-15(18(22)25-4)10-16(12-17)19(23)26-13-14-8-6-5-7-9-14/h14-17H,5-13H2,1-4H3. The smallest absolute Gasteiger partial charge is 0.309 e. The zero-order chi connectivity index (χ0) is 20.0. The van der Waals surface area contributed by atoms with Crippen LogP contribution in [0.25, 0.3) is 0 Å². The quantitative estimate of drug-likeness (QED) is 0.533. The van der Waals surface area contributed by atoms with Gasteiger partial charge in [-0.05, 0) is 58.8 Å². The summed E-state index contributed by atoms with van der Waals surface area (Å²) in [6.45, 7) is 5.86. The summed E-state index contributed by atoms with van der Waals surface area (Å²) in [5, 5.41) is 0. The first-order chi connectivity index (χ1) is 12.7. The second kappa shape index (κ2) is 9.56. The molecule has 0 heterocycles. The number of hydrogen-bond donors (Lipinski definition) is 0. The van der Waals surface area contributed by atoms with Gasteiger partial charge in [-0.1, -0.05) is 19.3 Å². The van der Waals surface area contributed by atoms with Crippen LogP contribution in [0.3, 0.4) is 0 Å². The van der Waals surface area contributed by atoms with Crippen LogP contribution in [-0.4, -0.2) is 37.2 Å². The lowest BCUT2D eigenvalue weighted by molar-refractivity contribution is -0.166. The molecule has 2 aliphatic carbocycles. The lowest BCUT2D eigenvalue weighted by Gasteiger charge is -2.33. The highest BCUT2D eigenvalue weighted by atomic mass is 16.6. The molecule has 3 unspecified atom stereocenters. The van der Waals surface area contributed by atoms with Crippen molar-refractivity contribution in [3.63, 3.8) is 0 Å². The maximum absolute atomic E-state index is 12.6. The molecule has 0 radical (unpaired) electrons. The normalized spacial score (nSPS) is 26.9. The van der Waals surface area contributed by atoms with E-state index in [0.717, 1.165) is 12.8 Å². The molecular weight excluding hydrogens is 348 g/mol. The lowest BCUT2D eigenvalue weighted by atomic mass is 9.75. The van der Waals surface area contributed by atoms with Crippen molar-refractivity contribution in [2.45, 2.75) is 77.7 Å². The highest BCUT2D eigenvalue weighted by molar-refractivity contribution is 5.80. The van der Waals surface area contributed by atoms with E-state index in [1.54, 1.807) is 20.8 Å². The van der Waals surface area contributed by atoms with Crippen molar-refractivity contribution >= 4 is 17.9 Å². The van der Waals surface area contributed by atoms with Crippen LogP contribution >= 0.6 is 0 Å². The second-order valence-corrected chi connectivity index (χ2v) is 8.99. The highest BCUT2D eigenvalue weighted by Crippen LogP contribution is 2.36. The summed E-state index contributed by atoms with van der Waals surface area (Å²) < 4.78 is 15.9. The molecule has 0 bridgehead atoms. The van der Waals surface area contributed by atoms with Crippen LogP contribution in [0.5, 0.6) is 0 Å².